The van der Waals surface area contributed by atoms with Gasteiger partial charge in [0, 0.05) is 47.4 Å². The molecule has 6 heteroatoms. The number of anilines is 1. The van der Waals surface area contributed by atoms with Crippen LogP contribution < -0.4 is 10.2 Å². The van der Waals surface area contributed by atoms with Gasteiger partial charge in [0.1, 0.15) is 5.65 Å². The van der Waals surface area contributed by atoms with Gasteiger partial charge < -0.3 is 15.2 Å². The van der Waals surface area contributed by atoms with Crippen molar-refractivity contribution in [3.8, 4) is 22.4 Å². The predicted octanol–water partition coefficient (Wildman–Crippen LogP) is 5.10. The second-order valence-corrected chi connectivity index (χ2v) is 9.35. The molecule has 0 aliphatic carbocycles. The molecule has 5 nitrogen and oxygen atoms in total. The van der Waals surface area contributed by atoms with E-state index in [1.165, 1.54) is 23.3 Å². The molecule has 0 saturated carbocycles. The molecule has 0 radical (unpaired) electrons. The lowest BCUT2D eigenvalue weighted by Gasteiger charge is -2.27. The lowest BCUT2D eigenvalue weighted by molar-refractivity contribution is 0.378. The monoisotopic (exact) mass is 417 g/mol. The minimum Gasteiger partial charge on any atom is -0.351 e. The van der Waals surface area contributed by atoms with Crippen molar-refractivity contribution in [2.45, 2.75) is 19.8 Å². The molecular weight excluding hydrogens is 390 g/mol. The first-order valence-electron chi connectivity index (χ1n) is 10.6. The molecule has 154 valence electrons. The Morgan fingerprint density at radius 3 is 2.73 bits per heavy atom. The summed E-state index contributed by atoms with van der Waals surface area (Å²) in [6.45, 7) is 5.50. The van der Waals surface area contributed by atoms with Crippen molar-refractivity contribution >= 4 is 27.5 Å². The number of nitrogens with one attached hydrogen (secondary N) is 2. The minimum atomic E-state index is 0.745. The van der Waals surface area contributed by atoms with E-state index in [2.05, 4.69) is 64.5 Å². The number of aromatic nitrogens is 3. The van der Waals surface area contributed by atoms with Crippen LogP contribution in [-0.4, -0.2) is 41.6 Å². The van der Waals surface area contributed by atoms with Crippen LogP contribution in [0.25, 0.3) is 33.4 Å². The van der Waals surface area contributed by atoms with E-state index in [0.29, 0.717) is 0 Å². The SMILES string of the molecule is Cc1sc(N(C)CC2CCNCC2)nc1-c1c[nH]c2ncc(-c3ccccc3)cc12. The van der Waals surface area contributed by atoms with Crippen LogP contribution in [0.1, 0.15) is 17.7 Å². The van der Waals surface area contributed by atoms with E-state index in [9.17, 15) is 0 Å². The zero-order chi connectivity index (χ0) is 20.5. The molecule has 0 amide bonds. The van der Waals surface area contributed by atoms with Gasteiger partial charge in [-0.2, -0.15) is 0 Å². The average molecular weight is 418 g/mol. The van der Waals surface area contributed by atoms with Gasteiger partial charge >= 0.3 is 0 Å². The van der Waals surface area contributed by atoms with E-state index in [-0.39, 0.29) is 0 Å². The van der Waals surface area contributed by atoms with Gasteiger partial charge in [-0.25, -0.2) is 9.97 Å². The third kappa shape index (κ3) is 3.73. The number of aromatic amines is 1. The largest absolute Gasteiger partial charge is 0.351 e. The van der Waals surface area contributed by atoms with E-state index < -0.39 is 0 Å². The van der Waals surface area contributed by atoms with Gasteiger partial charge in [0.05, 0.1) is 5.69 Å². The number of hydrogen-bond donors (Lipinski definition) is 2. The van der Waals surface area contributed by atoms with Gasteiger partial charge in [0.2, 0.25) is 0 Å². The van der Waals surface area contributed by atoms with Gasteiger partial charge in [-0.3, -0.25) is 0 Å². The number of aryl methyl sites for hydroxylation is 1. The molecule has 30 heavy (non-hydrogen) atoms. The van der Waals surface area contributed by atoms with Crippen molar-refractivity contribution in [2.75, 3.05) is 31.6 Å². The number of hydrogen-bond acceptors (Lipinski definition) is 5. The Labute approximate surface area is 181 Å². The van der Waals surface area contributed by atoms with Gasteiger partial charge in [0.25, 0.3) is 0 Å². The summed E-state index contributed by atoms with van der Waals surface area (Å²) in [4.78, 5) is 16.6. The van der Waals surface area contributed by atoms with Crippen molar-refractivity contribution in [2.24, 2.45) is 5.92 Å². The van der Waals surface area contributed by atoms with Crippen molar-refractivity contribution in [3.63, 3.8) is 0 Å². The summed E-state index contributed by atoms with van der Waals surface area (Å²) in [6, 6.07) is 12.6. The minimum absolute atomic E-state index is 0.745. The second-order valence-electron chi connectivity index (χ2n) is 8.16. The Kier molecular flexibility index (Phi) is 5.27. The van der Waals surface area contributed by atoms with E-state index in [1.54, 1.807) is 11.3 Å². The van der Waals surface area contributed by atoms with E-state index in [0.717, 1.165) is 58.5 Å². The van der Waals surface area contributed by atoms with Crippen LogP contribution in [0, 0.1) is 12.8 Å². The summed E-state index contributed by atoms with van der Waals surface area (Å²) < 4.78 is 0. The predicted molar refractivity (Wildman–Crippen MR) is 126 cm³/mol. The zero-order valence-electron chi connectivity index (χ0n) is 17.5. The summed E-state index contributed by atoms with van der Waals surface area (Å²) in [7, 11) is 2.17. The molecule has 0 atom stereocenters. The van der Waals surface area contributed by atoms with E-state index >= 15 is 0 Å². The molecule has 1 aliphatic heterocycles. The second kappa shape index (κ2) is 8.20. The van der Waals surface area contributed by atoms with Crippen LogP contribution in [-0.2, 0) is 0 Å². The van der Waals surface area contributed by atoms with Crippen molar-refractivity contribution in [1.82, 2.24) is 20.3 Å². The number of piperidine rings is 1. The maximum atomic E-state index is 5.05. The van der Waals surface area contributed by atoms with Crippen LogP contribution in [0.2, 0.25) is 0 Å². The first kappa shape index (κ1) is 19.3. The molecular formula is C24H27N5S. The highest BCUT2D eigenvalue weighted by Crippen LogP contribution is 2.37. The fourth-order valence-electron chi connectivity index (χ4n) is 4.31. The molecule has 0 bridgehead atoms. The maximum absolute atomic E-state index is 5.05. The summed E-state index contributed by atoms with van der Waals surface area (Å²) in [5, 5.41) is 5.67. The topological polar surface area (TPSA) is 56.8 Å². The van der Waals surface area contributed by atoms with E-state index in [4.69, 9.17) is 4.98 Å². The molecule has 5 rings (SSSR count). The fourth-order valence-corrected chi connectivity index (χ4v) is 5.21. The summed E-state index contributed by atoms with van der Waals surface area (Å²) in [5.74, 6) is 0.745. The van der Waals surface area contributed by atoms with Crippen molar-refractivity contribution in [3.05, 3.63) is 53.7 Å². The Morgan fingerprint density at radius 1 is 1.13 bits per heavy atom. The molecule has 0 unspecified atom stereocenters. The Bertz CT molecular complexity index is 1140. The number of fused-ring (bicyclic) bond motifs is 1. The van der Waals surface area contributed by atoms with Crippen LogP contribution >= 0.6 is 11.3 Å². The lowest BCUT2D eigenvalue weighted by atomic mass is 9.98. The number of pyridine rings is 1. The van der Waals surface area contributed by atoms with Gasteiger partial charge in [0.15, 0.2) is 5.13 Å². The van der Waals surface area contributed by atoms with Crippen molar-refractivity contribution < 1.29 is 0 Å². The Morgan fingerprint density at radius 2 is 1.93 bits per heavy atom. The third-order valence-electron chi connectivity index (χ3n) is 6.00. The highest BCUT2D eigenvalue weighted by atomic mass is 32.1. The van der Waals surface area contributed by atoms with Crippen LogP contribution in [0.5, 0.6) is 0 Å². The van der Waals surface area contributed by atoms with Crippen LogP contribution in [0.15, 0.2) is 48.8 Å². The van der Waals surface area contributed by atoms with Crippen LogP contribution in [0.4, 0.5) is 5.13 Å². The quantitative estimate of drug-likeness (QED) is 0.474. The molecule has 1 fully saturated rings. The Hall–Kier alpha value is -2.70. The van der Waals surface area contributed by atoms with E-state index in [1.807, 2.05) is 18.5 Å². The average Bonchev–Trinajstić information content (AvgIpc) is 3.37. The summed E-state index contributed by atoms with van der Waals surface area (Å²) >= 11 is 1.78. The molecule has 1 aliphatic rings. The molecule has 4 heterocycles. The van der Waals surface area contributed by atoms with Crippen molar-refractivity contribution in [1.29, 1.82) is 0 Å². The summed E-state index contributed by atoms with van der Waals surface area (Å²) in [6.07, 6.45) is 6.48. The smallest absolute Gasteiger partial charge is 0.185 e. The summed E-state index contributed by atoms with van der Waals surface area (Å²) in [5.41, 5.74) is 5.40. The lowest BCUT2D eigenvalue weighted by Crippen LogP contribution is -2.34. The molecule has 3 aromatic heterocycles. The standard InChI is InChI=1S/C24H27N5S/c1-16-22(28-24(30-16)29(2)15-17-8-10-25-11-9-17)21-14-27-23-20(21)12-19(13-26-23)18-6-4-3-5-7-18/h3-7,12-14,17,25H,8-11,15H2,1-2H3,(H,26,27). The highest BCUT2D eigenvalue weighted by Gasteiger charge is 2.20. The number of thiazole rings is 1. The number of rotatable bonds is 5. The number of H-pyrrole nitrogens is 1. The third-order valence-corrected chi connectivity index (χ3v) is 7.08. The molecule has 1 saturated heterocycles. The van der Waals surface area contributed by atoms with Gasteiger partial charge in [-0.05, 0) is 50.4 Å². The van der Waals surface area contributed by atoms with Gasteiger partial charge in [-0.15, -0.1) is 11.3 Å². The fraction of sp³-hybridized carbons (Fsp3) is 0.333. The number of nitrogens with zero attached hydrogens (tertiary/aromatic N) is 3. The zero-order valence-corrected chi connectivity index (χ0v) is 18.3. The highest BCUT2D eigenvalue weighted by molar-refractivity contribution is 7.16. The maximum Gasteiger partial charge on any atom is 0.185 e. The van der Waals surface area contributed by atoms with Crippen LogP contribution in [0.3, 0.4) is 0 Å². The first-order valence-corrected chi connectivity index (χ1v) is 11.4. The molecule has 0 spiro atoms. The number of benzene rings is 1. The Balaban J connectivity index is 1.46. The molecule has 1 aromatic carbocycles. The molecule has 4 aromatic rings. The first-order chi connectivity index (χ1) is 14.7. The normalized spacial score (nSPS) is 15.0. The molecule has 2 N–H and O–H groups in total. The van der Waals surface area contributed by atoms with Gasteiger partial charge in [-0.1, -0.05) is 30.3 Å².